The lowest BCUT2D eigenvalue weighted by Crippen LogP contribution is -2.55. The number of amides is 2. The highest BCUT2D eigenvalue weighted by Crippen LogP contribution is 2.14. The second-order valence-corrected chi connectivity index (χ2v) is 5.87. The molecule has 1 saturated heterocycles. The number of carbonyl (C=O) groups is 2. The Labute approximate surface area is 144 Å². The van der Waals surface area contributed by atoms with Crippen molar-refractivity contribution in [1.29, 1.82) is 0 Å². The first-order chi connectivity index (χ1) is 12.0. The van der Waals surface area contributed by atoms with Gasteiger partial charge in [0.25, 0.3) is 11.8 Å². The largest absolute Gasteiger partial charge is 0.389 e. The quantitative estimate of drug-likeness (QED) is 0.726. The Bertz CT molecular complexity index is 751. The lowest BCUT2D eigenvalue weighted by molar-refractivity contribution is 0.0311. The summed E-state index contributed by atoms with van der Waals surface area (Å²) < 4.78 is 0. The highest BCUT2D eigenvalue weighted by molar-refractivity contribution is 5.94. The summed E-state index contributed by atoms with van der Waals surface area (Å²) in [6.45, 7) is 0.567. The van der Waals surface area contributed by atoms with Crippen LogP contribution in [0.5, 0.6) is 0 Å². The molecule has 3 rings (SSSR count). The first-order valence-electron chi connectivity index (χ1n) is 7.95. The maximum absolute atomic E-state index is 12.4. The van der Waals surface area contributed by atoms with E-state index >= 15 is 0 Å². The van der Waals surface area contributed by atoms with Crippen molar-refractivity contribution in [1.82, 2.24) is 20.2 Å². The lowest BCUT2D eigenvalue weighted by atomic mass is 10.0. The normalized spacial score (nSPS) is 20.1. The van der Waals surface area contributed by atoms with Gasteiger partial charge in [-0.05, 0) is 30.7 Å². The average molecular weight is 341 g/mol. The van der Waals surface area contributed by atoms with Crippen LogP contribution < -0.4 is 11.1 Å². The molecule has 1 fully saturated rings. The first kappa shape index (κ1) is 16.8. The van der Waals surface area contributed by atoms with Crippen LogP contribution in [0.3, 0.4) is 0 Å². The fourth-order valence-electron chi connectivity index (χ4n) is 2.73. The van der Waals surface area contributed by atoms with Gasteiger partial charge in [0, 0.05) is 25.5 Å². The number of β-amino-alcohol motifs (C(OH)–C–C–N with tert-alkyl or cyclic N) is 1. The van der Waals surface area contributed by atoms with Crippen LogP contribution in [-0.4, -0.2) is 57.0 Å². The molecule has 0 spiro atoms. The van der Waals surface area contributed by atoms with Crippen molar-refractivity contribution in [3.63, 3.8) is 0 Å². The number of pyridine rings is 2. The fraction of sp³-hybridized carbons (Fsp3) is 0.294. The Morgan fingerprint density at radius 1 is 1.24 bits per heavy atom. The molecule has 3 heterocycles. The van der Waals surface area contributed by atoms with Gasteiger partial charge in [0.15, 0.2) is 0 Å². The summed E-state index contributed by atoms with van der Waals surface area (Å²) in [6, 6.07) is 7.79. The van der Waals surface area contributed by atoms with E-state index in [1.165, 1.54) is 6.20 Å². The van der Waals surface area contributed by atoms with Crippen LogP contribution in [0.25, 0.3) is 0 Å². The Balaban J connectivity index is 1.59. The van der Waals surface area contributed by atoms with Crippen molar-refractivity contribution in [3.8, 4) is 0 Å². The van der Waals surface area contributed by atoms with Crippen LogP contribution in [-0.2, 0) is 0 Å². The van der Waals surface area contributed by atoms with Crippen molar-refractivity contribution < 1.29 is 14.7 Å². The highest BCUT2D eigenvalue weighted by atomic mass is 16.3. The second kappa shape index (κ2) is 7.27. The van der Waals surface area contributed by atoms with Gasteiger partial charge in [-0.25, -0.2) is 4.98 Å². The predicted molar refractivity (Wildman–Crippen MR) is 90.7 cm³/mol. The van der Waals surface area contributed by atoms with E-state index in [-0.39, 0.29) is 18.4 Å². The van der Waals surface area contributed by atoms with Gasteiger partial charge in [0.05, 0.1) is 17.7 Å². The number of anilines is 1. The van der Waals surface area contributed by atoms with E-state index in [1.54, 1.807) is 41.4 Å². The molecule has 25 heavy (non-hydrogen) atoms. The number of carbonyl (C=O) groups excluding carboxylic acids is 2. The maximum Gasteiger partial charge on any atom is 0.272 e. The monoisotopic (exact) mass is 341 g/mol. The number of likely N-dealkylation sites (tertiary alicyclic amines) is 1. The molecule has 2 amide bonds. The minimum atomic E-state index is -0.855. The Morgan fingerprint density at radius 2 is 2.08 bits per heavy atom. The van der Waals surface area contributed by atoms with E-state index in [0.29, 0.717) is 30.0 Å². The van der Waals surface area contributed by atoms with E-state index in [2.05, 4.69) is 15.3 Å². The van der Waals surface area contributed by atoms with Gasteiger partial charge in [-0.1, -0.05) is 6.07 Å². The van der Waals surface area contributed by atoms with Crippen molar-refractivity contribution in [2.75, 3.05) is 18.8 Å². The molecule has 2 aromatic rings. The van der Waals surface area contributed by atoms with E-state index < -0.39 is 12.1 Å². The molecule has 8 heteroatoms. The van der Waals surface area contributed by atoms with Crippen LogP contribution in [0.15, 0.2) is 42.7 Å². The van der Waals surface area contributed by atoms with Gasteiger partial charge < -0.3 is 21.1 Å². The van der Waals surface area contributed by atoms with Gasteiger partial charge >= 0.3 is 0 Å². The Morgan fingerprint density at radius 3 is 2.72 bits per heavy atom. The highest BCUT2D eigenvalue weighted by Gasteiger charge is 2.32. The topological polar surface area (TPSA) is 121 Å². The van der Waals surface area contributed by atoms with E-state index in [9.17, 15) is 14.7 Å². The summed E-state index contributed by atoms with van der Waals surface area (Å²) in [6.07, 6.45) is 2.54. The van der Waals surface area contributed by atoms with Crippen LogP contribution >= 0.6 is 0 Å². The number of aliphatic hydroxyl groups excluding tert-OH is 1. The van der Waals surface area contributed by atoms with Crippen molar-refractivity contribution in [3.05, 3.63) is 54.0 Å². The van der Waals surface area contributed by atoms with Gasteiger partial charge in [0.1, 0.15) is 11.5 Å². The summed E-state index contributed by atoms with van der Waals surface area (Å²) in [5, 5.41) is 13.1. The maximum atomic E-state index is 12.4. The number of aromatic nitrogens is 2. The number of nitrogens with one attached hydrogen (secondary N) is 1. The number of hydrogen-bond donors (Lipinski definition) is 3. The molecule has 0 saturated carbocycles. The third-order valence-corrected chi connectivity index (χ3v) is 4.12. The van der Waals surface area contributed by atoms with Gasteiger partial charge in [-0.2, -0.15) is 0 Å². The third kappa shape index (κ3) is 3.92. The SMILES string of the molecule is Nc1ccc(C(=O)N[C@@H]2CCN(C(=O)c3ccccn3)C[C@H]2O)cn1. The number of nitrogens with two attached hydrogens (primary N) is 1. The molecular weight excluding hydrogens is 322 g/mol. The van der Waals surface area contributed by atoms with E-state index in [1.807, 2.05) is 0 Å². The molecule has 2 aromatic heterocycles. The molecule has 0 aromatic carbocycles. The predicted octanol–water partition coefficient (Wildman–Crippen LogP) is 0.0642. The average Bonchev–Trinajstić information content (AvgIpc) is 2.64. The molecule has 2 atom stereocenters. The number of aliphatic hydroxyl groups is 1. The summed E-state index contributed by atoms with van der Waals surface area (Å²) in [5.74, 6) is -0.230. The molecule has 8 nitrogen and oxygen atoms in total. The van der Waals surface area contributed by atoms with Gasteiger partial charge in [-0.3, -0.25) is 14.6 Å². The van der Waals surface area contributed by atoms with Crippen molar-refractivity contribution in [2.24, 2.45) is 0 Å². The molecule has 130 valence electrons. The molecule has 0 aliphatic carbocycles. The van der Waals surface area contributed by atoms with Crippen LogP contribution in [0.4, 0.5) is 5.82 Å². The molecular formula is C17H19N5O3. The molecule has 0 radical (unpaired) electrons. The van der Waals surface area contributed by atoms with E-state index in [0.717, 1.165) is 0 Å². The minimum absolute atomic E-state index is 0.139. The molecule has 0 bridgehead atoms. The summed E-state index contributed by atoms with van der Waals surface area (Å²) in [5.41, 5.74) is 6.21. The zero-order chi connectivity index (χ0) is 17.8. The summed E-state index contributed by atoms with van der Waals surface area (Å²) in [7, 11) is 0. The molecule has 1 aliphatic rings. The minimum Gasteiger partial charge on any atom is -0.389 e. The molecule has 4 N–H and O–H groups in total. The van der Waals surface area contributed by atoms with Crippen LogP contribution in [0, 0.1) is 0 Å². The van der Waals surface area contributed by atoms with Gasteiger partial charge in [-0.15, -0.1) is 0 Å². The van der Waals surface area contributed by atoms with Crippen molar-refractivity contribution in [2.45, 2.75) is 18.6 Å². The summed E-state index contributed by atoms with van der Waals surface area (Å²) >= 11 is 0. The molecule has 1 aliphatic heterocycles. The van der Waals surface area contributed by atoms with E-state index in [4.69, 9.17) is 5.73 Å². The van der Waals surface area contributed by atoms with Crippen LogP contribution in [0.1, 0.15) is 27.3 Å². The second-order valence-electron chi connectivity index (χ2n) is 5.87. The number of rotatable bonds is 3. The zero-order valence-electron chi connectivity index (χ0n) is 13.5. The number of nitrogen functional groups attached to an aromatic ring is 1. The fourth-order valence-corrected chi connectivity index (χ4v) is 2.73. The first-order valence-corrected chi connectivity index (χ1v) is 7.95. The standard InChI is InChI=1S/C17H19N5O3/c18-15-5-4-11(9-20-15)16(24)21-12-6-8-22(10-14(12)23)17(25)13-3-1-2-7-19-13/h1-5,7,9,12,14,23H,6,8,10H2,(H2,18,20)(H,21,24)/t12-,14-/m1/s1. The lowest BCUT2D eigenvalue weighted by Gasteiger charge is -2.36. The zero-order valence-corrected chi connectivity index (χ0v) is 13.5. The Kier molecular flexibility index (Phi) is 4.90. The number of hydrogen-bond acceptors (Lipinski definition) is 6. The van der Waals surface area contributed by atoms with Crippen LogP contribution in [0.2, 0.25) is 0 Å². The number of nitrogens with zero attached hydrogens (tertiary/aromatic N) is 3. The molecule has 0 unspecified atom stereocenters. The van der Waals surface area contributed by atoms with Gasteiger partial charge in [0.2, 0.25) is 0 Å². The Hall–Kier alpha value is -3.00. The number of piperidine rings is 1. The third-order valence-electron chi connectivity index (χ3n) is 4.12. The van der Waals surface area contributed by atoms with Crippen molar-refractivity contribution >= 4 is 17.6 Å². The smallest absolute Gasteiger partial charge is 0.272 e. The summed E-state index contributed by atoms with van der Waals surface area (Å²) in [4.78, 5) is 34.0.